The summed E-state index contributed by atoms with van der Waals surface area (Å²) in [6, 6.07) is 24.3. The first-order chi connectivity index (χ1) is 25.3. The molecule has 3 atom stereocenters. The molecule has 0 fully saturated rings. The molecule has 4 rings (SSSR count). The summed E-state index contributed by atoms with van der Waals surface area (Å²) < 4.78 is 21.1. The molecule has 0 radical (unpaired) electrons. The summed E-state index contributed by atoms with van der Waals surface area (Å²) in [6.07, 6.45) is -4.45. The Balaban J connectivity index is 1.58. The van der Waals surface area contributed by atoms with Crippen LogP contribution in [-0.4, -0.2) is 68.1 Å². The van der Waals surface area contributed by atoms with Gasteiger partial charge in [-0.2, -0.15) is 0 Å². The van der Waals surface area contributed by atoms with Crippen LogP contribution < -0.4 is 5.32 Å². The van der Waals surface area contributed by atoms with Gasteiger partial charge in [-0.25, -0.2) is 4.39 Å². The first-order valence-corrected chi connectivity index (χ1v) is 17.2. The zero-order valence-electron chi connectivity index (χ0n) is 29.4. The third-order valence-electron chi connectivity index (χ3n) is 8.45. The first kappa shape index (κ1) is 40.1. The Hall–Kier alpha value is -5.67. The fourth-order valence-electron chi connectivity index (χ4n) is 6.17. The second-order valence-corrected chi connectivity index (χ2v) is 12.9. The maximum Gasteiger partial charge on any atom is 0.308 e. The minimum absolute atomic E-state index is 0.0350. The van der Waals surface area contributed by atoms with E-state index in [1.807, 2.05) is 66.9 Å². The van der Waals surface area contributed by atoms with Crippen LogP contribution in [0.15, 0.2) is 84.9 Å². The van der Waals surface area contributed by atoms with Crippen LogP contribution in [0.3, 0.4) is 0 Å². The molecule has 0 aliphatic rings. The van der Waals surface area contributed by atoms with Gasteiger partial charge in [0.2, 0.25) is 6.54 Å². The second kappa shape index (κ2) is 19.2. The number of benzene rings is 3. The molecule has 0 saturated heterocycles. The molecule has 53 heavy (non-hydrogen) atoms. The second-order valence-electron chi connectivity index (χ2n) is 12.9. The smallest absolute Gasteiger partial charge is 0.308 e. The van der Waals surface area contributed by atoms with Crippen LogP contribution in [0.4, 0.5) is 10.1 Å². The number of nitrogens with one attached hydrogen (secondary N) is 1. The van der Waals surface area contributed by atoms with Gasteiger partial charge in [0, 0.05) is 34.8 Å². The van der Waals surface area contributed by atoms with E-state index < -0.39 is 59.7 Å². The van der Waals surface area contributed by atoms with E-state index in [2.05, 4.69) is 10.2 Å². The van der Waals surface area contributed by atoms with Crippen molar-refractivity contribution in [2.45, 2.75) is 76.7 Å². The average molecular weight is 735 g/mol. The van der Waals surface area contributed by atoms with Crippen LogP contribution in [-0.2, 0) is 20.9 Å². The number of nitrogens with zero attached hydrogens (tertiary/aromatic N) is 3. The topological polar surface area (TPSA) is 196 Å². The lowest BCUT2D eigenvalue weighted by Crippen LogP contribution is -2.28. The molecule has 3 aromatic carbocycles. The number of esters is 1. The van der Waals surface area contributed by atoms with E-state index in [0.29, 0.717) is 33.8 Å². The van der Waals surface area contributed by atoms with Gasteiger partial charge < -0.3 is 29.7 Å². The van der Waals surface area contributed by atoms with Gasteiger partial charge in [-0.05, 0) is 72.7 Å². The molecule has 1 heterocycles. The van der Waals surface area contributed by atoms with Crippen molar-refractivity contribution < 1.29 is 43.8 Å². The molecule has 282 valence electrons. The number of nitro groups is 1. The molecule has 0 spiro atoms. The standard InChI is InChI=1S/C38H43FN4O10/c1-25(2)36-35(38(47)40-29-12-7-4-8-13-29)34(26-10-5-3-6-11-26)37(27-15-17-28(39)18-16-27)41(36)21-19-30(44)22-31(45)23-33(46)52-24-32(53-43(50)51)14-9-20-42(48)49/h3-8,10-13,15-18,25,30-32,44-45H,9,14,19-24H2,1-2H3,(H,40,47)/t30-,31-,32?/m1/s1. The van der Waals surface area contributed by atoms with Gasteiger partial charge in [0.25, 0.3) is 11.0 Å². The number of aliphatic hydroxyl groups is 2. The van der Waals surface area contributed by atoms with E-state index >= 15 is 0 Å². The number of rotatable bonds is 20. The van der Waals surface area contributed by atoms with Gasteiger partial charge in [-0.3, -0.25) is 19.7 Å². The minimum atomic E-state index is -1.33. The fourth-order valence-corrected chi connectivity index (χ4v) is 6.17. The largest absolute Gasteiger partial charge is 0.463 e. The lowest BCUT2D eigenvalue weighted by atomic mass is 9.94. The lowest BCUT2D eigenvalue weighted by molar-refractivity contribution is -0.769. The van der Waals surface area contributed by atoms with Crippen molar-refractivity contribution in [3.63, 3.8) is 0 Å². The van der Waals surface area contributed by atoms with E-state index in [4.69, 9.17) is 4.74 Å². The number of hydrogen-bond donors (Lipinski definition) is 3. The molecular formula is C38H43FN4O10. The number of anilines is 1. The van der Waals surface area contributed by atoms with E-state index in [9.17, 15) is 44.4 Å². The number of aromatic nitrogens is 1. The molecule has 1 unspecified atom stereocenters. The molecule has 0 saturated carbocycles. The predicted molar refractivity (Wildman–Crippen MR) is 194 cm³/mol. The van der Waals surface area contributed by atoms with Crippen molar-refractivity contribution in [3.05, 3.63) is 122 Å². The number of hydrogen-bond acceptors (Lipinski definition) is 10. The van der Waals surface area contributed by atoms with Crippen molar-refractivity contribution >= 4 is 17.6 Å². The summed E-state index contributed by atoms with van der Waals surface area (Å²) in [4.78, 5) is 51.9. The number of amides is 1. The predicted octanol–water partition coefficient (Wildman–Crippen LogP) is 6.41. The number of halogens is 1. The van der Waals surface area contributed by atoms with Crippen molar-refractivity contribution in [1.82, 2.24) is 4.57 Å². The first-order valence-electron chi connectivity index (χ1n) is 17.2. The number of carbonyl (C=O) groups excluding carboxylic acids is 2. The van der Waals surface area contributed by atoms with Crippen LogP contribution in [0.25, 0.3) is 22.4 Å². The van der Waals surface area contributed by atoms with E-state index in [1.165, 1.54) is 12.1 Å². The summed E-state index contributed by atoms with van der Waals surface area (Å²) in [5.41, 5.74) is 4.36. The number of aliphatic hydroxyl groups excluding tert-OH is 2. The Morgan fingerprint density at radius 1 is 0.887 bits per heavy atom. The number of ether oxygens (including phenoxy) is 1. The molecule has 0 aliphatic carbocycles. The van der Waals surface area contributed by atoms with E-state index in [-0.39, 0.29) is 44.1 Å². The van der Waals surface area contributed by atoms with Crippen molar-refractivity contribution in [2.24, 2.45) is 0 Å². The zero-order chi connectivity index (χ0) is 38.5. The molecule has 4 aromatic rings. The molecule has 3 N–H and O–H groups in total. The van der Waals surface area contributed by atoms with Crippen molar-refractivity contribution in [1.29, 1.82) is 0 Å². The minimum Gasteiger partial charge on any atom is -0.463 e. The highest BCUT2D eigenvalue weighted by molar-refractivity contribution is 6.12. The number of para-hydroxylation sites is 1. The highest BCUT2D eigenvalue weighted by Crippen LogP contribution is 2.42. The summed E-state index contributed by atoms with van der Waals surface area (Å²) in [5, 5.41) is 45.0. The van der Waals surface area contributed by atoms with Gasteiger partial charge in [0.05, 0.1) is 29.9 Å². The average Bonchev–Trinajstić information content (AvgIpc) is 3.46. The van der Waals surface area contributed by atoms with Gasteiger partial charge >= 0.3 is 5.97 Å². The molecule has 15 heteroatoms. The third kappa shape index (κ3) is 11.7. The Morgan fingerprint density at radius 3 is 2.13 bits per heavy atom. The Kier molecular flexibility index (Phi) is 14.6. The quantitative estimate of drug-likeness (QED) is 0.0519. The Morgan fingerprint density at radius 2 is 1.53 bits per heavy atom. The van der Waals surface area contributed by atoms with Crippen LogP contribution in [0.1, 0.15) is 67.9 Å². The molecule has 1 amide bonds. The summed E-state index contributed by atoms with van der Waals surface area (Å²) >= 11 is 0. The van der Waals surface area contributed by atoms with Crippen LogP contribution in [0, 0.1) is 26.0 Å². The molecule has 14 nitrogen and oxygen atoms in total. The van der Waals surface area contributed by atoms with Gasteiger partial charge in [-0.1, -0.05) is 62.4 Å². The van der Waals surface area contributed by atoms with E-state index in [0.717, 1.165) is 5.56 Å². The molecule has 0 aliphatic heterocycles. The summed E-state index contributed by atoms with van der Waals surface area (Å²) in [6.45, 7) is 3.09. The Labute approximate surface area is 305 Å². The van der Waals surface area contributed by atoms with Crippen molar-refractivity contribution in [2.75, 3.05) is 18.5 Å². The van der Waals surface area contributed by atoms with Gasteiger partial charge in [-0.15, -0.1) is 10.1 Å². The van der Waals surface area contributed by atoms with Crippen LogP contribution in [0.5, 0.6) is 0 Å². The molecule has 0 bridgehead atoms. The molecule has 1 aromatic heterocycles. The summed E-state index contributed by atoms with van der Waals surface area (Å²) in [7, 11) is 0. The van der Waals surface area contributed by atoms with E-state index in [1.54, 1.807) is 24.3 Å². The Bertz CT molecular complexity index is 1840. The SMILES string of the molecule is CC(C)c1c(C(=O)Nc2ccccc2)c(-c2ccccc2)c(-c2ccc(F)cc2)n1CC[C@@H](O)C[C@@H](O)CC(=O)OCC(CCC[N+](=O)[O-])O[N+](=O)[O-]. The normalized spacial score (nSPS) is 12.9. The monoisotopic (exact) mass is 734 g/mol. The van der Waals surface area contributed by atoms with Crippen LogP contribution in [0.2, 0.25) is 0 Å². The zero-order valence-corrected chi connectivity index (χ0v) is 29.4. The maximum atomic E-state index is 14.2. The van der Waals surface area contributed by atoms with Gasteiger partial charge in [0.1, 0.15) is 18.5 Å². The van der Waals surface area contributed by atoms with Gasteiger partial charge in [0.15, 0.2) is 0 Å². The third-order valence-corrected chi connectivity index (χ3v) is 8.45. The molecular weight excluding hydrogens is 691 g/mol. The van der Waals surface area contributed by atoms with Crippen molar-refractivity contribution in [3.8, 4) is 22.4 Å². The maximum absolute atomic E-state index is 14.2. The number of carbonyl (C=O) groups is 2. The lowest BCUT2D eigenvalue weighted by Gasteiger charge is -2.20. The fraction of sp³-hybridized carbons (Fsp3) is 0.368. The highest BCUT2D eigenvalue weighted by Gasteiger charge is 2.31. The van der Waals surface area contributed by atoms with Crippen LogP contribution >= 0.6 is 0 Å². The highest BCUT2D eigenvalue weighted by atomic mass is 19.1. The summed E-state index contributed by atoms with van der Waals surface area (Å²) in [5.74, 6) is -1.87.